The van der Waals surface area contributed by atoms with Gasteiger partial charge < -0.3 is 10.2 Å². The average molecular weight is 185 g/mol. The van der Waals surface area contributed by atoms with E-state index in [9.17, 15) is 5.11 Å². The summed E-state index contributed by atoms with van der Waals surface area (Å²) in [4.78, 5) is 2.26. The van der Waals surface area contributed by atoms with Crippen LogP contribution in [0, 0.1) is 0 Å². The lowest BCUT2D eigenvalue weighted by Crippen LogP contribution is -2.48. The van der Waals surface area contributed by atoms with E-state index in [4.69, 9.17) is 5.11 Å². The zero-order valence-electron chi connectivity index (χ0n) is 8.24. The minimum Gasteiger partial charge on any atom is -0.393 e. The second-order valence-electron chi connectivity index (χ2n) is 3.89. The predicted molar refractivity (Wildman–Crippen MR) is 52.5 cm³/mol. The van der Waals surface area contributed by atoms with Crippen LogP contribution in [-0.4, -0.2) is 46.5 Å². The van der Waals surface area contributed by atoms with Gasteiger partial charge in [-0.05, 0) is 19.8 Å². The van der Waals surface area contributed by atoms with E-state index in [1.807, 2.05) is 6.08 Å². The van der Waals surface area contributed by atoms with Gasteiger partial charge in [-0.1, -0.05) is 6.08 Å². The highest BCUT2D eigenvalue weighted by Gasteiger charge is 2.32. The van der Waals surface area contributed by atoms with Crippen LogP contribution in [0.2, 0.25) is 0 Å². The fourth-order valence-corrected chi connectivity index (χ4v) is 1.65. The van der Waals surface area contributed by atoms with Gasteiger partial charge in [0.25, 0.3) is 0 Å². The molecule has 0 aromatic rings. The first-order valence-electron chi connectivity index (χ1n) is 4.81. The number of aliphatic hydroxyl groups excluding tert-OH is 1. The Labute approximate surface area is 79.7 Å². The second-order valence-corrected chi connectivity index (χ2v) is 3.89. The minimum absolute atomic E-state index is 0.122. The van der Waals surface area contributed by atoms with Gasteiger partial charge in [0, 0.05) is 19.1 Å². The predicted octanol–water partition coefficient (Wildman–Crippen LogP) is 0.380. The Morgan fingerprint density at radius 2 is 2.08 bits per heavy atom. The fraction of sp³-hybridized carbons (Fsp3) is 0.800. The van der Waals surface area contributed by atoms with Crippen molar-refractivity contribution >= 4 is 0 Å². The molecule has 13 heavy (non-hydrogen) atoms. The van der Waals surface area contributed by atoms with Crippen LogP contribution < -0.4 is 0 Å². The normalized spacial score (nSPS) is 25.5. The number of rotatable bonds is 3. The molecule has 0 radical (unpaired) electrons. The summed E-state index contributed by atoms with van der Waals surface area (Å²) in [6.45, 7) is 7.39. The molecule has 1 heterocycles. The molecule has 0 saturated carbocycles. The summed E-state index contributed by atoms with van der Waals surface area (Å²) in [6, 6.07) is 0.364. The first-order chi connectivity index (χ1) is 6.11. The molecule has 0 aromatic heterocycles. The Morgan fingerprint density at radius 3 is 2.46 bits per heavy atom. The minimum atomic E-state index is -0.836. The Balaban J connectivity index is 2.42. The van der Waals surface area contributed by atoms with Gasteiger partial charge >= 0.3 is 0 Å². The van der Waals surface area contributed by atoms with Gasteiger partial charge in [-0.25, -0.2) is 0 Å². The molecular formula is C10H19NO2. The summed E-state index contributed by atoms with van der Waals surface area (Å²) in [5.41, 5.74) is -0.836. The van der Waals surface area contributed by atoms with Crippen molar-refractivity contribution in [2.24, 2.45) is 0 Å². The topological polar surface area (TPSA) is 43.7 Å². The smallest absolute Gasteiger partial charge is 0.0901 e. The van der Waals surface area contributed by atoms with Gasteiger partial charge in [0.2, 0.25) is 0 Å². The molecule has 1 rings (SSSR count). The molecular weight excluding hydrogens is 166 g/mol. The van der Waals surface area contributed by atoms with Gasteiger partial charge in [-0.15, -0.1) is 6.58 Å². The average Bonchev–Trinajstić information content (AvgIpc) is 2.18. The zero-order valence-corrected chi connectivity index (χ0v) is 8.24. The van der Waals surface area contributed by atoms with Crippen molar-refractivity contribution in [1.29, 1.82) is 0 Å². The lowest BCUT2D eigenvalue weighted by molar-refractivity contribution is -0.0622. The molecule has 1 aliphatic heterocycles. The Hall–Kier alpha value is -0.380. The second kappa shape index (κ2) is 4.22. The molecule has 3 nitrogen and oxygen atoms in total. The maximum Gasteiger partial charge on any atom is 0.0901 e. The standard InChI is InChI=1S/C10H19NO2/c1-3-9(2)11-6-4-10(13,8-12)5-7-11/h3,9,12-13H,1,4-8H2,2H3. The molecule has 76 valence electrons. The van der Waals surface area contributed by atoms with Crippen LogP contribution >= 0.6 is 0 Å². The maximum absolute atomic E-state index is 9.75. The van der Waals surface area contributed by atoms with Crippen LogP contribution in [0.3, 0.4) is 0 Å². The van der Waals surface area contributed by atoms with Crippen LogP contribution in [0.5, 0.6) is 0 Å². The number of piperidine rings is 1. The third-order valence-electron chi connectivity index (χ3n) is 2.94. The number of likely N-dealkylation sites (tertiary alicyclic amines) is 1. The third kappa shape index (κ3) is 2.53. The Kier molecular flexibility index (Phi) is 3.47. The molecule has 1 unspecified atom stereocenters. The molecule has 3 heteroatoms. The number of aliphatic hydroxyl groups is 2. The van der Waals surface area contributed by atoms with E-state index >= 15 is 0 Å². The monoisotopic (exact) mass is 185 g/mol. The highest BCUT2D eigenvalue weighted by atomic mass is 16.3. The van der Waals surface area contributed by atoms with Gasteiger partial charge in [0.1, 0.15) is 0 Å². The highest BCUT2D eigenvalue weighted by molar-refractivity contribution is 4.91. The van der Waals surface area contributed by atoms with Crippen molar-refractivity contribution < 1.29 is 10.2 Å². The van der Waals surface area contributed by atoms with Gasteiger partial charge in [0.05, 0.1) is 12.2 Å². The zero-order chi connectivity index (χ0) is 9.90. The van der Waals surface area contributed by atoms with E-state index < -0.39 is 5.60 Å². The third-order valence-corrected chi connectivity index (χ3v) is 2.94. The molecule has 2 N–H and O–H groups in total. The van der Waals surface area contributed by atoms with E-state index in [1.54, 1.807) is 0 Å². The lowest BCUT2D eigenvalue weighted by atomic mass is 9.92. The Bertz CT molecular complexity index is 174. The molecule has 1 saturated heterocycles. The van der Waals surface area contributed by atoms with Crippen molar-refractivity contribution in [3.63, 3.8) is 0 Å². The SMILES string of the molecule is C=CC(C)N1CCC(O)(CO)CC1. The molecule has 0 bridgehead atoms. The fourth-order valence-electron chi connectivity index (χ4n) is 1.65. The summed E-state index contributed by atoms with van der Waals surface area (Å²) < 4.78 is 0. The number of hydrogen-bond acceptors (Lipinski definition) is 3. The van der Waals surface area contributed by atoms with E-state index in [1.165, 1.54) is 0 Å². The summed E-state index contributed by atoms with van der Waals surface area (Å²) in [5.74, 6) is 0. The van der Waals surface area contributed by atoms with Crippen molar-refractivity contribution in [2.75, 3.05) is 19.7 Å². The quantitative estimate of drug-likeness (QED) is 0.625. The highest BCUT2D eigenvalue weighted by Crippen LogP contribution is 2.22. The summed E-state index contributed by atoms with van der Waals surface area (Å²) >= 11 is 0. The summed E-state index contributed by atoms with van der Waals surface area (Å²) in [7, 11) is 0. The molecule has 1 aliphatic rings. The van der Waals surface area contributed by atoms with E-state index in [-0.39, 0.29) is 6.61 Å². The largest absolute Gasteiger partial charge is 0.393 e. The molecule has 0 amide bonds. The first kappa shape index (κ1) is 10.7. The van der Waals surface area contributed by atoms with Crippen molar-refractivity contribution in [3.05, 3.63) is 12.7 Å². The lowest BCUT2D eigenvalue weighted by Gasteiger charge is -2.39. The van der Waals surface area contributed by atoms with Crippen molar-refractivity contribution in [1.82, 2.24) is 4.90 Å². The maximum atomic E-state index is 9.75. The van der Waals surface area contributed by atoms with Crippen molar-refractivity contribution in [2.45, 2.75) is 31.4 Å². The molecule has 1 atom stereocenters. The van der Waals surface area contributed by atoms with Crippen LogP contribution in [0.15, 0.2) is 12.7 Å². The van der Waals surface area contributed by atoms with Crippen LogP contribution in [0.4, 0.5) is 0 Å². The van der Waals surface area contributed by atoms with Crippen LogP contribution in [0.25, 0.3) is 0 Å². The first-order valence-corrected chi connectivity index (χ1v) is 4.81. The van der Waals surface area contributed by atoms with E-state index in [0.717, 1.165) is 13.1 Å². The van der Waals surface area contributed by atoms with Crippen molar-refractivity contribution in [3.8, 4) is 0 Å². The summed E-state index contributed by atoms with van der Waals surface area (Å²) in [6.07, 6.45) is 3.21. The van der Waals surface area contributed by atoms with Crippen LogP contribution in [0.1, 0.15) is 19.8 Å². The summed E-state index contributed by atoms with van der Waals surface area (Å²) in [5, 5.41) is 18.7. The molecule has 0 aromatic carbocycles. The molecule has 0 spiro atoms. The van der Waals surface area contributed by atoms with E-state index in [0.29, 0.717) is 18.9 Å². The van der Waals surface area contributed by atoms with Crippen LogP contribution in [-0.2, 0) is 0 Å². The van der Waals surface area contributed by atoms with Gasteiger partial charge in [-0.3, -0.25) is 4.90 Å². The Morgan fingerprint density at radius 1 is 1.54 bits per heavy atom. The number of hydrogen-bond donors (Lipinski definition) is 2. The molecule has 0 aliphatic carbocycles. The number of nitrogens with zero attached hydrogens (tertiary/aromatic N) is 1. The van der Waals surface area contributed by atoms with E-state index in [2.05, 4.69) is 18.4 Å². The van der Waals surface area contributed by atoms with Gasteiger partial charge in [0.15, 0.2) is 0 Å². The van der Waals surface area contributed by atoms with Gasteiger partial charge in [-0.2, -0.15) is 0 Å². The molecule has 1 fully saturated rings.